The number of hydrogen-bond acceptors (Lipinski definition) is 5. The summed E-state index contributed by atoms with van der Waals surface area (Å²) in [4.78, 5) is 11.6. The predicted octanol–water partition coefficient (Wildman–Crippen LogP) is 2.18. The summed E-state index contributed by atoms with van der Waals surface area (Å²) in [6.07, 6.45) is 0.979. The van der Waals surface area contributed by atoms with Crippen LogP contribution in [0.25, 0.3) is 0 Å². The van der Waals surface area contributed by atoms with Crippen LogP contribution in [0.1, 0.15) is 33.8 Å². The van der Waals surface area contributed by atoms with Gasteiger partial charge in [0, 0.05) is 18.0 Å². The van der Waals surface area contributed by atoms with E-state index in [-0.39, 0.29) is 18.8 Å². The summed E-state index contributed by atoms with van der Waals surface area (Å²) in [5, 5.41) is 3.39. The van der Waals surface area contributed by atoms with Crippen molar-refractivity contribution in [1.29, 1.82) is 0 Å². The van der Waals surface area contributed by atoms with E-state index in [2.05, 4.69) is 11.4 Å². The lowest BCUT2D eigenvalue weighted by Crippen LogP contribution is -2.41. The van der Waals surface area contributed by atoms with Crippen LogP contribution in [-0.2, 0) is 11.3 Å². The Morgan fingerprint density at radius 3 is 2.92 bits per heavy atom. The quantitative estimate of drug-likeness (QED) is 0.860. The fraction of sp³-hybridized carbons (Fsp3) is 0.350. The van der Waals surface area contributed by atoms with E-state index >= 15 is 0 Å². The van der Waals surface area contributed by atoms with Crippen molar-refractivity contribution in [3.05, 3.63) is 59.2 Å². The van der Waals surface area contributed by atoms with Crippen LogP contribution in [0.5, 0.6) is 11.5 Å². The van der Waals surface area contributed by atoms with Gasteiger partial charge in [0.25, 0.3) is 0 Å². The molecule has 0 radical (unpaired) electrons. The minimum Gasteiger partial charge on any atom is -0.454 e. The zero-order valence-electron chi connectivity index (χ0n) is 14.4. The largest absolute Gasteiger partial charge is 0.454 e. The van der Waals surface area contributed by atoms with Gasteiger partial charge in [-0.15, -0.1) is 0 Å². The van der Waals surface area contributed by atoms with E-state index in [9.17, 15) is 4.79 Å². The lowest BCUT2D eigenvalue weighted by molar-refractivity contribution is 0.0103. The Balaban J connectivity index is 1.51. The van der Waals surface area contributed by atoms with Crippen molar-refractivity contribution < 1.29 is 19.0 Å². The minimum atomic E-state index is -0.432. The number of carbonyl (C=O) groups excluding carboxylic acids is 1. The van der Waals surface area contributed by atoms with Gasteiger partial charge in [-0.1, -0.05) is 24.3 Å². The fourth-order valence-corrected chi connectivity index (χ4v) is 3.61. The van der Waals surface area contributed by atoms with Crippen LogP contribution in [-0.4, -0.2) is 31.9 Å². The molecule has 0 saturated carbocycles. The molecular weight excluding hydrogens is 332 g/mol. The van der Waals surface area contributed by atoms with Crippen molar-refractivity contribution in [2.75, 3.05) is 19.9 Å². The highest BCUT2D eigenvalue weighted by atomic mass is 16.7. The summed E-state index contributed by atoms with van der Waals surface area (Å²) in [5.74, 6) is 1.40. The summed E-state index contributed by atoms with van der Waals surface area (Å²) in [5.41, 5.74) is 7.97. The Morgan fingerprint density at radius 1 is 1.19 bits per heavy atom. The lowest BCUT2D eigenvalue weighted by atomic mass is 9.87. The van der Waals surface area contributed by atoms with E-state index in [4.69, 9.17) is 19.9 Å². The number of piperidine rings is 1. The number of fused-ring (bicyclic) bond motifs is 1. The van der Waals surface area contributed by atoms with E-state index in [0.29, 0.717) is 12.2 Å². The Bertz CT molecular complexity index is 808. The molecule has 6 nitrogen and oxygen atoms in total. The third-order valence-corrected chi connectivity index (χ3v) is 4.99. The van der Waals surface area contributed by atoms with Crippen molar-refractivity contribution in [3.63, 3.8) is 0 Å². The molecule has 0 bridgehead atoms. The van der Waals surface area contributed by atoms with Crippen molar-refractivity contribution in [2.45, 2.75) is 25.0 Å². The second-order valence-electron chi connectivity index (χ2n) is 6.58. The summed E-state index contributed by atoms with van der Waals surface area (Å²) in [6.45, 7) is 2.33. The third-order valence-electron chi connectivity index (χ3n) is 4.99. The number of amides is 1. The first-order chi connectivity index (χ1) is 12.7. The lowest BCUT2D eigenvalue weighted by Gasteiger charge is -2.32. The predicted molar refractivity (Wildman–Crippen MR) is 96.3 cm³/mol. The second kappa shape index (κ2) is 7.35. The van der Waals surface area contributed by atoms with Crippen LogP contribution in [0.4, 0.5) is 0 Å². The van der Waals surface area contributed by atoms with Gasteiger partial charge in [-0.25, -0.2) is 0 Å². The van der Waals surface area contributed by atoms with Gasteiger partial charge in [0.05, 0.1) is 12.7 Å². The molecule has 1 amide bonds. The molecule has 2 aromatic rings. The summed E-state index contributed by atoms with van der Waals surface area (Å²) < 4.78 is 17.1. The standard InChI is InChI=1S/C20H22N2O4/c21-20(23)16-4-2-1-3-14(16)11-24-19-10-22-8-7-15(19)13-5-6-17-18(9-13)26-12-25-17/h1-6,9,15,19,22H,7-8,10-12H2,(H2,21,23). The van der Waals surface area contributed by atoms with Crippen molar-refractivity contribution in [2.24, 2.45) is 5.73 Å². The molecule has 2 aliphatic heterocycles. The Kier molecular flexibility index (Phi) is 4.77. The highest BCUT2D eigenvalue weighted by Gasteiger charge is 2.29. The number of benzene rings is 2. The first-order valence-corrected chi connectivity index (χ1v) is 8.82. The molecule has 136 valence electrons. The number of nitrogens with two attached hydrogens (primary N) is 1. The molecule has 4 rings (SSSR count). The maximum Gasteiger partial charge on any atom is 0.249 e. The Hall–Kier alpha value is -2.57. The number of ether oxygens (including phenoxy) is 3. The van der Waals surface area contributed by atoms with Gasteiger partial charge in [0.1, 0.15) is 0 Å². The van der Waals surface area contributed by atoms with Gasteiger partial charge < -0.3 is 25.3 Å². The number of carbonyl (C=O) groups is 1. The zero-order chi connectivity index (χ0) is 17.9. The first-order valence-electron chi connectivity index (χ1n) is 8.82. The number of hydrogen-bond donors (Lipinski definition) is 2. The van der Waals surface area contributed by atoms with Gasteiger partial charge in [-0.3, -0.25) is 4.79 Å². The van der Waals surface area contributed by atoms with Crippen molar-refractivity contribution >= 4 is 5.91 Å². The number of rotatable bonds is 5. The molecule has 2 aromatic carbocycles. The molecule has 0 spiro atoms. The van der Waals surface area contributed by atoms with Gasteiger partial charge in [0.2, 0.25) is 12.7 Å². The molecule has 6 heteroatoms. The number of primary amides is 1. The van der Waals surface area contributed by atoms with E-state index in [1.54, 1.807) is 12.1 Å². The molecule has 0 aromatic heterocycles. The molecular formula is C20H22N2O4. The molecule has 2 heterocycles. The van der Waals surface area contributed by atoms with Crippen LogP contribution >= 0.6 is 0 Å². The summed E-state index contributed by atoms with van der Waals surface area (Å²) >= 11 is 0. The van der Waals surface area contributed by atoms with Crippen molar-refractivity contribution in [1.82, 2.24) is 5.32 Å². The van der Waals surface area contributed by atoms with Crippen LogP contribution in [0, 0.1) is 0 Å². The SMILES string of the molecule is NC(=O)c1ccccc1COC1CNCCC1c1ccc2c(c1)OCO2. The van der Waals surface area contributed by atoms with E-state index in [1.165, 1.54) is 5.56 Å². The molecule has 2 atom stereocenters. The Morgan fingerprint density at radius 2 is 2.04 bits per heavy atom. The van der Waals surface area contributed by atoms with Crippen molar-refractivity contribution in [3.8, 4) is 11.5 Å². The molecule has 2 aliphatic rings. The average Bonchev–Trinajstić information content (AvgIpc) is 3.14. The molecule has 3 N–H and O–H groups in total. The molecule has 2 unspecified atom stereocenters. The summed E-state index contributed by atoms with van der Waals surface area (Å²) in [7, 11) is 0. The van der Waals surface area contributed by atoms with Crippen LogP contribution in [0.15, 0.2) is 42.5 Å². The fourth-order valence-electron chi connectivity index (χ4n) is 3.61. The highest BCUT2D eigenvalue weighted by molar-refractivity contribution is 5.94. The van der Waals surface area contributed by atoms with Crippen LogP contribution in [0.3, 0.4) is 0 Å². The summed E-state index contributed by atoms with van der Waals surface area (Å²) in [6, 6.07) is 13.4. The third kappa shape index (κ3) is 3.38. The molecule has 0 aliphatic carbocycles. The van der Waals surface area contributed by atoms with Gasteiger partial charge in [-0.2, -0.15) is 0 Å². The number of nitrogens with one attached hydrogen (secondary N) is 1. The monoisotopic (exact) mass is 354 g/mol. The topological polar surface area (TPSA) is 82.8 Å². The average molecular weight is 354 g/mol. The highest BCUT2D eigenvalue weighted by Crippen LogP contribution is 2.37. The maximum absolute atomic E-state index is 11.6. The smallest absolute Gasteiger partial charge is 0.249 e. The van der Waals surface area contributed by atoms with Crippen LogP contribution < -0.4 is 20.5 Å². The van der Waals surface area contributed by atoms with E-state index < -0.39 is 5.91 Å². The van der Waals surface area contributed by atoms with Gasteiger partial charge in [0.15, 0.2) is 11.5 Å². The van der Waals surface area contributed by atoms with E-state index in [1.807, 2.05) is 24.3 Å². The molecule has 26 heavy (non-hydrogen) atoms. The second-order valence-corrected chi connectivity index (χ2v) is 6.58. The zero-order valence-corrected chi connectivity index (χ0v) is 14.4. The molecule has 1 fully saturated rings. The molecule has 1 saturated heterocycles. The van der Waals surface area contributed by atoms with E-state index in [0.717, 1.165) is 36.6 Å². The van der Waals surface area contributed by atoms with Gasteiger partial charge in [-0.05, 0) is 42.3 Å². The first kappa shape index (κ1) is 16.9. The van der Waals surface area contributed by atoms with Crippen LogP contribution in [0.2, 0.25) is 0 Å². The Labute approximate surface area is 152 Å². The van der Waals surface area contributed by atoms with Gasteiger partial charge >= 0.3 is 0 Å². The minimum absolute atomic E-state index is 0.00468. The maximum atomic E-state index is 11.6. The normalized spacial score (nSPS) is 21.5.